The lowest BCUT2D eigenvalue weighted by Crippen LogP contribution is -2.50. The largest absolute Gasteiger partial charge is 0.416 e. The molecule has 1 aromatic carbocycles. The molecule has 23 heavy (non-hydrogen) atoms. The molecular weight excluding hydrogens is 332 g/mol. The van der Waals surface area contributed by atoms with Crippen molar-refractivity contribution in [2.45, 2.75) is 60.8 Å². The summed E-state index contributed by atoms with van der Waals surface area (Å²) in [5.74, 6) is -0.954. The van der Waals surface area contributed by atoms with Crippen molar-refractivity contribution in [3.63, 3.8) is 0 Å². The molecule has 2 heterocycles. The fourth-order valence-corrected chi connectivity index (χ4v) is 6.03. The Hall–Kier alpha value is -0.950. The summed E-state index contributed by atoms with van der Waals surface area (Å²) in [4.78, 5) is 0. The van der Waals surface area contributed by atoms with Crippen molar-refractivity contribution in [1.82, 2.24) is 0 Å². The van der Waals surface area contributed by atoms with E-state index < -0.39 is 34.0 Å². The highest BCUT2D eigenvalue weighted by molar-refractivity contribution is 7.86. The van der Waals surface area contributed by atoms with Gasteiger partial charge in [-0.05, 0) is 43.4 Å². The molecule has 1 aromatic rings. The molecular formula is C16H18F4O2S. The molecule has 2 atom stereocenters. The smallest absolute Gasteiger partial charge is 0.389 e. The Balaban J connectivity index is 1.80. The minimum atomic E-state index is -4.59. The molecule has 0 spiro atoms. The topological polar surface area (TPSA) is 37.3 Å². The molecule has 0 aromatic heterocycles. The molecule has 2 nitrogen and oxygen atoms in total. The number of benzene rings is 1. The van der Waals surface area contributed by atoms with Crippen LogP contribution in [0.1, 0.15) is 43.2 Å². The van der Waals surface area contributed by atoms with Crippen molar-refractivity contribution in [3.05, 3.63) is 35.1 Å². The van der Waals surface area contributed by atoms with Crippen LogP contribution in [0.5, 0.6) is 0 Å². The Bertz CT molecular complexity index is 613. The second-order valence-corrected chi connectivity index (χ2v) is 8.61. The maximum Gasteiger partial charge on any atom is 0.416 e. The van der Waals surface area contributed by atoms with Crippen LogP contribution < -0.4 is 0 Å². The Morgan fingerprint density at radius 3 is 2.35 bits per heavy atom. The number of hydrogen-bond donors (Lipinski definition) is 1. The average molecular weight is 350 g/mol. The van der Waals surface area contributed by atoms with Crippen LogP contribution >= 0.6 is 0 Å². The average Bonchev–Trinajstić information content (AvgIpc) is 2.42. The Morgan fingerprint density at radius 1 is 1.22 bits per heavy atom. The van der Waals surface area contributed by atoms with Gasteiger partial charge in [-0.1, -0.05) is 12.5 Å². The molecule has 2 saturated heterocycles. The third-order valence-corrected chi connectivity index (χ3v) is 6.94. The second-order valence-electron chi connectivity index (χ2n) is 6.62. The number of fused-ring (bicyclic) bond motifs is 2. The van der Waals surface area contributed by atoms with Crippen LogP contribution in [0.15, 0.2) is 18.2 Å². The van der Waals surface area contributed by atoms with Crippen LogP contribution in [-0.4, -0.2) is 25.4 Å². The van der Waals surface area contributed by atoms with Gasteiger partial charge in [-0.2, -0.15) is 13.2 Å². The molecule has 3 rings (SSSR count). The highest BCUT2D eigenvalue weighted by atomic mass is 32.2. The van der Waals surface area contributed by atoms with E-state index in [0.717, 1.165) is 31.4 Å². The van der Waals surface area contributed by atoms with E-state index in [0.29, 0.717) is 18.9 Å². The Labute approximate surface area is 134 Å². The van der Waals surface area contributed by atoms with Crippen LogP contribution in [0.2, 0.25) is 0 Å². The number of alkyl halides is 3. The number of halogens is 4. The highest BCUT2D eigenvalue weighted by Gasteiger charge is 2.45. The standard InChI is InChI=1S/C16H18F4O2S/c17-14-6-11(16(18,19)20)5-4-10(14)7-15(21)8-12-2-1-3-13(9-15)23(12)22/h4-6,12-13,21H,1-3,7-9H2. The summed E-state index contributed by atoms with van der Waals surface area (Å²) in [6, 6.07) is 2.40. The van der Waals surface area contributed by atoms with E-state index in [1.807, 2.05) is 0 Å². The molecule has 2 unspecified atom stereocenters. The summed E-state index contributed by atoms with van der Waals surface area (Å²) in [5.41, 5.74) is -2.15. The zero-order valence-corrected chi connectivity index (χ0v) is 13.2. The van der Waals surface area contributed by atoms with Gasteiger partial charge in [0.05, 0.1) is 11.2 Å². The first-order valence-corrected chi connectivity index (χ1v) is 8.93. The van der Waals surface area contributed by atoms with Crippen LogP contribution in [0, 0.1) is 5.82 Å². The normalized spacial score (nSPS) is 34.4. The monoisotopic (exact) mass is 350 g/mol. The predicted octanol–water partition coefficient (Wildman–Crippen LogP) is 3.58. The van der Waals surface area contributed by atoms with Gasteiger partial charge in [0.15, 0.2) is 0 Å². The summed E-state index contributed by atoms with van der Waals surface area (Å²) in [6.45, 7) is 0. The van der Waals surface area contributed by atoms with Gasteiger partial charge in [-0.25, -0.2) is 4.39 Å². The summed E-state index contributed by atoms with van der Waals surface area (Å²) >= 11 is 0. The van der Waals surface area contributed by atoms with Gasteiger partial charge in [-0.3, -0.25) is 4.21 Å². The van der Waals surface area contributed by atoms with E-state index in [1.54, 1.807) is 0 Å². The van der Waals surface area contributed by atoms with Crippen LogP contribution in [0.4, 0.5) is 17.6 Å². The first kappa shape index (κ1) is 16.9. The first-order chi connectivity index (χ1) is 10.7. The van der Waals surface area contributed by atoms with E-state index in [4.69, 9.17) is 0 Å². The Morgan fingerprint density at radius 2 is 1.83 bits per heavy atom. The fourth-order valence-electron chi connectivity index (χ4n) is 3.74. The van der Waals surface area contributed by atoms with Crippen LogP contribution in [-0.2, 0) is 23.4 Å². The maximum absolute atomic E-state index is 14.0. The fraction of sp³-hybridized carbons (Fsp3) is 0.625. The zero-order valence-electron chi connectivity index (χ0n) is 12.4. The van der Waals surface area contributed by atoms with Gasteiger partial charge in [0.1, 0.15) is 5.82 Å². The molecule has 0 amide bonds. The predicted molar refractivity (Wildman–Crippen MR) is 78.9 cm³/mol. The third kappa shape index (κ3) is 3.45. The SMILES string of the molecule is O=S1C2CCCC1CC(O)(Cc1ccc(C(F)(F)F)cc1F)C2. The third-order valence-electron chi connectivity index (χ3n) is 4.82. The second kappa shape index (κ2) is 5.84. The quantitative estimate of drug-likeness (QED) is 0.828. The summed E-state index contributed by atoms with van der Waals surface area (Å²) in [6.07, 6.45) is -1.46. The van der Waals surface area contributed by atoms with E-state index in [9.17, 15) is 26.9 Å². The van der Waals surface area contributed by atoms with Crippen molar-refractivity contribution < 1.29 is 26.9 Å². The van der Waals surface area contributed by atoms with Gasteiger partial charge >= 0.3 is 6.18 Å². The maximum atomic E-state index is 14.0. The molecule has 2 aliphatic rings. The minimum Gasteiger partial charge on any atom is -0.389 e. The van der Waals surface area contributed by atoms with E-state index >= 15 is 0 Å². The number of rotatable bonds is 2. The van der Waals surface area contributed by atoms with Crippen LogP contribution in [0.25, 0.3) is 0 Å². The molecule has 0 radical (unpaired) electrons. The van der Waals surface area contributed by atoms with Gasteiger partial charge in [-0.15, -0.1) is 0 Å². The van der Waals surface area contributed by atoms with Crippen molar-refractivity contribution >= 4 is 10.8 Å². The lowest BCUT2D eigenvalue weighted by atomic mass is 9.81. The van der Waals surface area contributed by atoms with Crippen LogP contribution in [0.3, 0.4) is 0 Å². The lowest BCUT2D eigenvalue weighted by molar-refractivity contribution is -0.137. The molecule has 2 aliphatic heterocycles. The summed E-state index contributed by atoms with van der Waals surface area (Å²) < 4.78 is 63.9. The highest BCUT2D eigenvalue weighted by Crippen LogP contribution is 2.41. The zero-order chi connectivity index (χ0) is 16.8. The first-order valence-electron chi connectivity index (χ1n) is 7.65. The van der Waals surface area contributed by atoms with Crippen molar-refractivity contribution in [2.75, 3.05) is 0 Å². The molecule has 0 aliphatic carbocycles. The molecule has 7 heteroatoms. The van der Waals surface area contributed by atoms with Gasteiger partial charge in [0.25, 0.3) is 0 Å². The molecule has 128 valence electrons. The van der Waals surface area contributed by atoms with Gasteiger partial charge in [0, 0.05) is 27.7 Å². The summed E-state index contributed by atoms with van der Waals surface area (Å²) in [5, 5.41) is 10.6. The van der Waals surface area contributed by atoms with Crippen molar-refractivity contribution in [3.8, 4) is 0 Å². The van der Waals surface area contributed by atoms with E-state index in [2.05, 4.69) is 0 Å². The molecule has 1 N–H and O–H groups in total. The minimum absolute atomic E-state index is 0.0405. The van der Waals surface area contributed by atoms with Crippen molar-refractivity contribution in [2.24, 2.45) is 0 Å². The number of aliphatic hydroxyl groups is 1. The molecule has 2 fully saturated rings. The van der Waals surface area contributed by atoms with Gasteiger partial charge in [0.2, 0.25) is 0 Å². The molecule has 2 bridgehead atoms. The molecule has 0 saturated carbocycles. The summed E-state index contributed by atoms with van der Waals surface area (Å²) in [7, 11) is -0.964. The van der Waals surface area contributed by atoms with E-state index in [-0.39, 0.29) is 22.5 Å². The number of hydrogen-bond acceptors (Lipinski definition) is 2. The Kier molecular flexibility index (Phi) is 4.29. The van der Waals surface area contributed by atoms with Gasteiger partial charge < -0.3 is 5.11 Å². The van der Waals surface area contributed by atoms with E-state index in [1.165, 1.54) is 0 Å². The lowest BCUT2D eigenvalue weighted by Gasteiger charge is -2.43. The van der Waals surface area contributed by atoms with Crippen molar-refractivity contribution in [1.29, 1.82) is 0 Å².